The van der Waals surface area contributed by atoms with E-state index in [0.717, 1.165) is 12.1 Å². The van der Waals surface area contributed by atoms with Crippen molar-refractivity contribution in [2.75, 3.05) is 34.0 Å². The van der Waals surface area contributed by atoms with Crippen molar-refractivity contribution in [1.82, 2.24) is 9.80 Å². The van der Waals surface area contributed by atoms with Crippen molar-refractivity contribution >= 4 is 17.4 Å². The van der Waals surface area contributed by atoms with Crippen LogP contribution >= 0.6 is 0 Å². The number of carbonyl (C=O) groups excluding carboxylic acids is 2. The van der Waals surface area contributed by atoms with E-state index < -0.39 is 17.7 Å². The Balaban J connectivity index is 1.78. The van der Waals surface area contributed by atoms with Gasteiger partial charge in [0.25, 0.3) is 11.7 Å². The number of carbonyl (C=O) groups is 2. The molecule has 1 amide bonds. The number of hydrogen-bond donors (Lipinski definition) is 1. The second-order valence-electron chi connectivity index (χ2n) is 9.04. The Morgan fingerprint density at radius 1 is 1.09 bits per heavy atom. The highest BCUT2D eigenvalue weighted by molar-refractivity contribution is 6.46. The number of benzene rings is 2. The van der Waals surface area contributed by atoms with Gasteiger partial charge in [-0.15, -0.1) is 0 Å². The molecule has 2 aliphatic heterocycles. The van der Waals surface area contributed by atoms with E-state index in [-0.39, 0.29) is 18.1 Å². The van der Waals surface area contributed by atoms with Gasteiger partial charge in [0.1, 0.15) is 5.76 Å². The lowest BCUT2D eigenvalue weighted by atomic mass is 9.93. The van der Waals surface area contributed by atoms with E-state index in [1.54, 1.807) is 23.1 Å². The fraction of sp³-hybridized carbons (Fsp3) is 0.385. The molecule has 7 heteroatoms. The van der Waals surface area contributed by atoms with Crippen molar-refractivity contribution in [2.45, 2.75) is 32.2 Å². The molecule has 2 heterocycles. The number of aliphatic hydroxyl groups is 1. The maximum Gasteiger partial charge on any atom is 0.295 e. The molecule has 1 N–H and O–H groups in total. The average Bonchev–Trinajstić information content (AvgIpc) is 3.36. The molecule has 2 aromatic carbocycles. The Bertz CT molecular complexity index is 1090. The van der Waals surface area contributed by atoms with Crippen LogP contribution in [-0.2, 0) is 9.59 Å². The van der Waals surface area contributed by atoms with Crippen molar-refractivity contribution in [3.8, 4) is 11.5 Å². The smallest absolute Gasteiger partial charge is 0.295 e. The predicted octanol–water partition coefficient (Wildman–Crippen LogP) is 3.91. The molecule has 1 atom stereocenters. The largest absolute Gasteiger partial charge is 0.507 e. The summed E-state index contributed by atoms with van der Waals surface area (Å²) < 4.78 is 10.8. The molecule has 0 aromatic heterocycles. The SMILES string of the molecule is CC(C)c1ccc(C2/C(=C(/O)c3ccc4c(c3)OCO4)C(=O)C(=O)N2CCCN(C)C)cc1. The summed E-state index contributed by atoms with van der Waals surface area (Å²) in [4.78, 5) is 29.8. The van der Waals surface area contributed by atoms with Gasteiger partial charge in [-0.05, 0) is 62.3 Å². The van der Waals surface area contributed by atoms with Gasteiger partial charge in [0, 0.05) is 12.1 Å². The molecule has 0 aliphatic carbocycles. The third-order valence-electron chi connectivity index (χ3n) is 6.11. The van der Waals surface area contributed by atoms with Gasteiger partial charge in [0.2, 0.25) is 6.79 Å². The summed E-state index contributed by atoms with van der Waals surface area (Å²) in [6, 6.07) is 12.3. The first-order valence-corrected chi connectivity index (χ1v) is 11.2. The van der Waals surface area contributed by atoms with E-state index in [2.05, 4.69) is 13.8 Å². The second-order valence-corrected chi connectivity index (χ2v) is 9.04. The minimum Gasteiger partial charge on any atom is -0.507 e. The molecule has 0 spiro atoms. The molecule has 1 saturated heterocycles. The molecule has 4 rings (SSSR count). The highest BCUT2D eigenvalue weighted by atomic mass is 16.7. The molecule has 1 unspecified atom stereocenters. The van der Waals surface area contributed by atoms with Crippen molar-refractivity contribution in [3.05, 3.63) is 64.7 Å². The molecule has 0 saturated carbocycles. The molecule has 7 nitrogen and oxygen atoms in total. The Kier molecular flexibility index (Phi) is 6.42. The fourth-order valence-corrected chi connectivity index (χ4v) is 4.28. The van der Waals surface area contributed by atoms with Gasteiger partial charge in [0.15, 0.2) is 11.5 Å². The highest BCUT2D eigenvalue weighted by Crippen LogP contribution is 2.41. The lowest BCUT2D eigenvalue weighted by Crippen LogP contribution is -2.32. The molecule has 174 valence electrons. The van der Waals surface area contributed by atoms with E-state index in [9.17, 15) is 14.7 Å². The lowest BCUT2D eigenvalue weighted by molar-refractivity contribution is -0.139. The third kappa shape index (κ3) is 4.46. The summed E-state index contributed by atoms with van der Waals surface area (Å²) in [7, 11) is 3.94. The zero-order valence-electron chi connectivity index (χ0n) is 19.5. The summed E-state index contributed by atoms with van der Waals surface area (Å²) in [5.41, 5.74) is 2.47. The first-order valence-electron chi connectivity index (χ1n) is 11.2. The summed E-state index contributed by atoms with van der Waals surface area (Å²) in [6.45, 7) is 5.53. The van der Waals surface area contributed by atoms with Crippen LogP contribution in [0.25, 0.3) is 5.76 Å². The average molecular weight is 451 g/mol. The number of rotatable bonds is 7. The molecular formula is C26H30N2O5. The van der Waals surface area contributed by atoms with E-state index in [1.165, 1.54) is 5.56 Å². The molecule has 33 heavy (non-hydrogen) atoms. The Morgan fingerprint density at radius 3 is 2.45 bits per heavy atom. The first kappa shape index (κ1) is 22.9. The van der Waals surface area contributed by atoms with Gasteiger partial charge in [-0.2, -0.15) is 0 Å². The minimum absolute atomic E-state index is 0.0982. The summed E-state index contributed by atoms with van der Waals surface area (Å²) in [5.74, 6) is -0.0330. The summed E-state index contributed by atoms with van der Waals surface area (Å²) in [6.07, 6.45) is 0.713. The molecule has 1 fully saturated rings. The highest BCUT2D eigenvalue weighted by Gasteiger charge is 2.45. The standard InChI is InChI=1S/C26H30N2O5/c1-16(2)17-6-8-18(9-7-17)23-22(25(30)26(31)28(23)13-5-12-27(3)4)24(29)19-10-11-20-21(14-19)33-15-32-20/h6-11,14,16,23,29H,5,12-13,15H2,1-4H3/b24-22-. The second kappa shape index (κ2) is 9.27. The quantitative estimate of drug-likeness (QED) is 0.391. The molecule has 2 aromatic rings. The van der Waals surface area contributed by atoms with Crippen molar-refractivity contribution in [2.24, 2.45) is 0 Å². The van der Waals surface area contributed by atoms with Crippen LogP contribution in [0.15, 0.2) is 48.0 Å². The van der Waals surface area contributed by atoms with E-state index in [0.29, 0.717) is 35.9 Å². The van der Waals surface area contributed by atoms with E-state index in [4.69, 9.17) is 9.47 Å². The Morgan fingerprint density at radius 2 is 1.79 bits per heavy atom. The zero-order valence-corrected chi connectivity index (χ0v) is 19.5. The molecular weight excluding hydrogens is 420 g/mol. The first-order chi connectivity index (χ1) is 15.8. The maximum absolute atomic E-state index is 13.1. The number of ketones is 1. The van der Waals surface area contributed by atoms with Gasteiger partial charge in [0.05, 0.1) is 11.6 Å². The van der Waals surface area contributed by atoms with Crippen LogP contribution in [0.3, 0.4) is 0 Å². The van der Waals surface area contributed by atoms with Gasteiger partial charge in [-0.25, -0.2) is 0 Å². The van der Waals surface area contributed by atoms with Gasteiger partial charge >= 0.3 is 0 Å². The number of ether oxygens (including phenoxy) is 2. The normalized spacial score (nSPS) is 19.2. The lowest BCUT2D eigenvalue weighted by Gasteiger charge is -2.26. The number of Topliss-reactive ketones (excluding diaryl/α,β-unsaturated/α-hetero) is 1. The number of hydrogen-bond acceptors (Lipinski definition) is 6. The van der Waals surface area contributed by atoms with Crippen LogP contribution in [-0.4, -0.2) is 60.6 Å². The fourth-order valence-electron chi connectivity index (χ4n) is 4.28. The number of fused-ring (bicyclic) bond motifs is 1. The van der Waals surface area contributed by atoms with Crippen molar-refractivity contribution in [1.29, 1.82) is 0 Å². The predicted molar refractivity (Wildman–Crippen MR) is 125 cm³/mol. The van der Waals surface area contributed by atoms with Crippen LogP contribution in [0.1, 0.15) is 48.9 Å². The summed E-state index contributed by atoms with van der Waals surface area (Å²) >= 11 is 0. The summed E-state index contributed by atoms with van der Waals surface area (Å²) in [5, 5.41) is 11.2. The van der Waals surface area contributed by atoms with E-state index >= 15 is 0 Å². The van der Waals surface area contributed by atoms with Crippen LogP contribution < -0.4 is 9.47 Å². The Hall–Kier alpha value is -3.32. The Labute approximate surface area is 194 Å². The maximum atomic E-state index is 13.1. The van der Waals surface area contributed by atoms with Crippen LogP contribution in [0.5, 0.6) is 11.5 Å². The monoisotopic (exact) mass is 450 g/mol. The third-order valence-corrected chi connectivity index (χ3v) is 6.11. The van der Waals surface area contributed by atoms with Gasteiger partial charge in [-0.3, -0.25) is 9.59 Å². The molecule has 0 bridgehead atoms. The number of likely N-dealkylation sites (tertiary alicyclic amines) is 1. The molecule has 2 aliphatic rings. The van der Waals surface area contributed by atoms with Crippen molar-refractivity contribution in [3.63, 3.8) is 0 Å². The number of nitrogens with zero attached hydrogens (tertiary/aromatic N) is 2. The van der Waals surface area contributed by atoms with Crippen molar-refractivity contribution < 1.29 is 24.2 Å². The zero-order chi connectivity index (χ0) is 23.7. The number of aliphatic hydroxyl groups excluding tert-OH is 1. The van der Waals surface area contributed by atoms with Gasteiger partial charge in [-0.1, -0.05) is 38.1 Å². The van der Waals surface area contributed by atoms with E-state index in [1.807, 2.05) is 43.3 Å². The van der Waals surface area contributed by atoms with Crippen LogP contribution in [0, 0.1) is 0 Å². The van der Waals surface area contributed by atoms with Crippen LogP contribution in [0.4, 0.5) is 0 Å². The van der Waals surface area contributed by atoms with Gasteiger partial charge < -0.3 is 24.4 Å². The topological polar surface area (TPSA) is 79.3 Å². The minimum atomic E-state index is -0.673. The molecule has 0 radical (unpaired) electrons. The number of amides is 1. The van der Waals surface area contributed by atoms with Crippen LogP contribution in [0.2, 0.25) is 0 Å².